The first-order valence-electron chi connectivity index (χ1n) is 3.24. The molecule has 3 nitrogen and oxygen atoms in total. The van der Waals surface area contributed by atoms with E-state index in [0.717, 1.165) is 0 Å². The average Bonchev–Trinajstić information content (AvgIpc) is 2.12. The van der Waals surface area contributed by atoms with Gasteiger partial charge in [0.2, 0.25) is 0 Å². The Morgan fingerprint density at radius 3 is 2.58 bits per heavy atom. The summed E-state index contributed by atoms with van der Waals surface area (Å²) in [7, 11) is 1.30. The molecule has 0 aliphatic heterocycles. The summed E-state index contributed by atoms with van der Waals surface area (Å²) < 4.78 is 4.48. The van der Waals surface area contributed by atoms with Crippen molar-refractivity contribution in [3.8, 4) is 0 Å². The number of rotatable bonds is 3. The molecule has 0 aromatic carbocycles. The molecule has 0 unspecified atom stereocenters. The Labute approximate surface area is 76.4 Å². The van der Waals surface area contributed by atoms with E-state index < -0.39 is 5.97 Å². The molecule has 0 aromatic heterocycles. The number of methoxy groups -OCH3 is 1. The molecule has 0 aliphatic rings. The molecular formula is C8H10ClNO2. The molecule has 0 saturated heterocycles. The SMILES string of the molecule is C=N/C(Cl)=C\C(=C/C)C(=O)OC. The van der Waals surface area contributed by atoms with Gasteiger partial charge < -0.3 is 4.74 Å². The van der Waals surface area contributed by atoms with Crippen molar-refractivity contribution in [3.05, 3.63) is 22.9 Å². The minimum Gasteiger partial charge on any atom is -0.465 e. The van der Waals surface area contributed by atoms with Gasteiger partial charge in [-0.15, -0.1) is 0 Å². The van der Waals surface area contributed by atoms with Crippen molar-refractivity contribution in [2.75, 3.05) is 7.11 Å². The lowest BCUT2D eigenvalue weighted by atomic mass is 10.2. The van der Waals surface area contributed by atoms with Gasteiger partial charge in [-0.05, 0) is 19.7 Å². The van der Waals surface area contributed by atoms with Crippen LogP contribution < -0.4 is 0 Å². The number of hydrogen-bond acceptors (Lipinski definition) is 3. The van der Waals surface area contributed by atoms with Gasteiger partial charge in [0.25, 0.3) is 0 Å². The first kappa shape index (κ1) is 10.9. The second kappa shape index (κ2) is 5.55. The average molecular weight is 188 g/mol. The number of nitrogens with zero attached hydrogens (tertiary/aromatic N) is 1. The number of carbonyl (C=O) groups excluding carboxylic acids is 1. The smallest absolute Gasteiger partial charge is 0.337 e. The van der Waals surface area contributed by atoms with Crippen LogP contribution in [0, 0.1) is 0 Å². The zero-order valence-electron chi connectivity index (χ0n) is 7.00. The Bertz CT molecular complexity index is 243. The first-order chi connectivity index (χ1) is 5.65. The highest BCUT2D eigenvalue weighted by molar-refractivity contribution is 6.30. The number of carbonyl (C=O) groups is 1. The van der Waals surface area contributed by atoms with Gasteiger partial charge in [0.1, 0.15) is 5.16 Å². The Kier molecular flexibility index (Phi) is 5.04. The molecule has 0 aromatic rings. The van der Waals surface area contributed by atoms with E-state index in [2.05, 4.69) is 16.4 Å². The van der Waals surface area contributed by atoms with Gasteiger partial charge in [-0.2, -0.15) is 0 Å². The molecule has 0 heterocycles. The summed E-state index contributed by atoms with van der Waals surface area (Å²) in [4.78, 5) is 14.4. The molecule has 0 aliphatic carbocycles. The Morgan fingerprint density at radius 1 is 1.67 bits per heavy atom. The zero-order chi connectivity index (χ0) is 9.56. The fourth-order valence-electron chi connectivity index (χ4n) is 0.552. The Balaban J connectivity index is 4.61. The van der Waals surface area contributed by atoms with Crippen LogP contribution in [0.25, 0.3) is 0 Å². The van der Waals surface area contributed by atoms with E-state index in [1.54, 1.807) is 13.0 Å². The molecular weight excluding hydrogens is 178 g/mol. The highest BCUT2D eigenvalue weighted by Gasteiger charge is 2.04. The quantitative estimate of drug-likeness (QED) is 0.223. The molecule has 0 N–H and O–H groups in total. The fraction of sp³-hybridized carbons (Fsp3) is 0.250. The lowest BCUT2D eigenvalue weighted by Gasteiger charge is -1.97. The topological polar surface area (TPSA) is 38.7 Å². The van der Waals surface area contributed by atoms with Crippen molar-refractivity contribution in [1.82, 2.24) is 0 Å². The van der Waals surface area contributed by atoms with E-state index in [4.69, 9.17) is 11.6 Å². The summed E-state index contributed by atoms with van der Waals surface area (Å²) in [5.41, 5.74) is 0.356. The van der Waals surface area contributed by atoms with Crippen LogP contribution in [-0.2, 0) is 9.53 Å². The van der Waals surface area contributed by atoms with E-state index in [-0.39, 0.29) is 5.16 Å². The highest BCUT2D eigenvalue weighted by Crippen LogP contribution is 2.08. The summed E-state index contributed by atoms with van der Waals surface area (Å²) in [5.74, 6) is -0.445. The molecule has 0 radical (unpaired) electrons. The largest absolute Gasteiger partial charge is 0.465 e. The van der Waals surface area contributed by atoms with Crippen LogP contribution in [0.2, 0.25) is 0 Å². The van der Waals surface area contributed by atoms with Crippen LogP contribution in [0.1, 0.15) is 6.92 Å². The zero-order valence-corrected chi connectivity index (χ0v) is 7.76. The molecule has 66 valence electrons. The summed E-state index contributed by atoms with van der Waals surface area (Å²) in [6.07, 6.45) is 2.97. The Hall–Kier alpha value is -1.09. The molecule has 12 heavy (non-hydrogen) atoms. The van der Waals surface area contributed by atoms with Gasteiger partial charge in [0.15, 0.2) is 0 Å². The maximum Gasteiger partial charge on any atom is 0.337 e. The van der Waals surface area contributed by atoms with Crippen LogP contribution >= 0.6 is 11.6 Å². The van der Waals surface area contributed by atoms with Gasteiger partial charge in [0, 0.05) is 0 Å². The van der Waals surface area contributed by atoms with Gasteiger partial charge in [-0.3, -0.25) is 4.99 Å². The number of hydrogen-bond donors (Lipinski definition) is 0. The van der Waals surface area contributed by atoms with E-state index in [1.807, 2.05) is 0 Å². The minimum absolute atomic E-state index is 0.161. The monoisotopic (exact) mass is 187 g/mol. The number of allylic oxidation sites excluding steroid dienone is 1. The maximum absolute atomic E-state index is 10.9. The normalized spacial score (nSPS) is 12.6. The number of aliphatic imine (C=N–C) groups is 1. The van der Waals surface area contributed by atoms with Crippen molar-refractivity contribution < 1.29 is 9.53 Å². The second-order valence-electron chi connectivity index (χ2n) is 1.86. The van der Waals surface area contributed by atoms with Crippen molar-refractivity contribution in [2.45, 2.75) is 6.92 Å². The first-order valence-corrected chi connectivity index (χ1v) is 3.62. The maximum atomic E-state index is 10.9. The molecule has 0 amide bonds. The molecule has 0 spiro atoms. The van der Waals surface area contributed by atoms with Crippen molar-refractivity contribution >= 4 is 24.3 Å². The van der Waals surface area contributed by atoms with E-state index in [0.29, 0.717) is 5.57 Å². The predicted molar refractivity (Wildman–Crippen MR) is 49.3 cm³/mol. The van der Waals surface area contributed by atoms with Crippen LogP contribution in [0.4, 0.5) is 0 Å². The van der Waals surface area contributed by atoms with Crippen molar-refractivity contribution in [3.63, 3.8) is 0 Å². The molecule has 0 bridgehead atoms. The van der Waals surface area contributed by atoms with Gasteiger partial charge in [-0.1, -0.05) is 17.7 Å². The summed E-state index contributed by atoms with van der Waals surface area (Å²) >= 11 is 5.52. The molecule has 0 saturated carbocycles. The van der Waals surface area contributed by atoms with E-state index >= 15 is 0 Å². The number of esters is 1. The van der Waals surface area contributed by atoms with Gasteiger partial charge >= 0.3 is 5.97 Å². The Morgan fingerprint density at radius 2 is 2.25 bits per heavy atom. The molecule has 0 rings (SSSR count). The predicted octanol–water partition coefficient (Wildman–Crippen LogP) is 1.89. The van der Waals surface area contributed by atoms with Crippen molar-refractivity contribution in [2.24, 2.45) is 4.99 Å². The summed E-state index contributed by atoms with van der Waals surface area (Å²) in [5, 5.41) is 0.161. The van der Waals surface area contributed by atoms with Crippen LogP contribution in [0.5, 0.6) is 0 Å². The number of halogens is 1. The third-order valence-electron chi connectivity index (χ3n) is 1.16. The van der Waals surface area contributed by atoms with Crippen LogP contribution in [0.3, 0.4) is 0 Å². The summed E-state index contributed by atoms with van der Waals surface area (Å²) in [6.45, 7) is 4.91. The summed E-state index contributed by atoms with van der Waals surface area (Å²) in [6, 6.07) is 0. The highest BCUT2D eigenvalue weighted by atomic mass is 35.5. The van der Waals surface area contributed by atoms with Crippen LogP contribution in [-0.4, -0.2) is 19.8 Å². The van der Waals surface area contributed by atoms with Crippen molar-refractivity contribution in [1.29, 1.82) is 0 Å². The molecule has 0 fully saturated rings. The molecule has 4 heteroatoms. The molecule has 0 atom stereocenters. The third-order valence-corrected chi connectivity index (χ3v) is 1.39. The van der Waals surface area contributed by atoms with Gasteiger partial charge in [-0.25, -0.2) is 4.79 Å². The van der Waals surface area contributed by atoms with Gasteiger partial charge in [0.05, 0.1) is 12.7 Å². The van der Waals surface area contributed by atoms with Crippen LogP contribution in [0.15, 0.2) is 27.9 Å². The minimum atomic E-state index is -0.445. The van der Waals surface area contributed by atoms with E-state index in [1.165, 1.54) is 13.2 Å². The standard InChI is InChI=1S/C8H10ClNO2/c1-4-6(8(11)12-3)5-7(9)10-2/h4-5H,2H2,1,3H3/b6-4+,7-5-. The lowest BCUT2D eigenvalue weighted by Crippen LogP contribution is -2.02. The lowest BCUT2D eigenvalue weighted by molar-refractivity contribution is -0.135. The fourth-order valence-corrected chi connectivity index (χ4v) is 0.669. The third kappa shape index (κ3) is 3.34. The second-order valence-corrected chi connectivity index (χ2v) is 2.25. The van der Waals surface area contributed by atoms with E-state index in [9.17, 15) is 4.79 Å². The number of ether oxygens (including phenoxy) is 1.